The van der Waals surface area contributed by atoms with Crippen molar-refractivity contribution in [3.63, 3.8) is 0 Å². The Hall–Kier alpha value is -2.55. The van der Waals surface area contributed by atoms with Crippen molar-refractivity contribution in [1.29, 1.82) is 0 Å². The van der Waals surface area contributed by atoms with Gasteiger partial charge in [-0.3, -0.25) is 0 Å². The predicted octanol–water partition coefficient (Wildman–Crippen LogP) is 3.73. The summed E-state index contributed by atoms with van der Waals surface area (Å²) >= 11 is -0.111. The number of aromatic hydroxyl groups is 1. The average molecular weight is 380 g/mol. The van der Waals surface area contributed by atoms with Gasteiger partial charge in [-0.15, -0.1) is 0 Å². The molecule has 0 radical (unpaired) electrons. The quantitative estimate of drug-likeness (QED) is 0.539. The summed E-state index contributed by atoms with van der Waals surface area (Å²) in [5.74, 6) is 0.134. The molecule has 4 rings (SSSR count). The Morgan fingerprint density at radius 1 is 0.958 bits per heavy atom. The third kappa shape index (κ3) is 2.41. The molecule has 3 nitrogen and oxygen atoms in total. The molecule has 0 fully saturated rings. The van der Waals surface area contributed by atoms with Crippen LogP contribution in [0.1, 0.15) is 5.56 Å². The van der Waals surface area contributed by atoms with Crippen LogP contribution in [0.25, 0.3) is 26.5 Å². The second kappa shape index (κ2) is 5.82. The summed E-state index contributed by atoms with van der Waals surface area (Å²) in [5.41, 5.74) is 4.28. The van der Waals surface area contributed by atoms with E-state index in [4.69, 9.17) is 0 Å². The SMILES string of the molecule is Cc1c(-c2ccccc2)cccc1-n1[se]c2ccc(O)cc2c1=O. The fraction of sp³-hybridized carbons (Fsp3) is 0.0500. The number of benzene rings is 3. The van der Waals surface area contributed by atoms with Crippen LogP contribution in [-0.4, -0.2) is 23.4 Å². The van der Waals surface area contributed by atoms with Crippen LogP contribution >= 0.6 is 0 Å². The summed E-state index contributed by atoms with van der Waals surface area (Å²) in [4.78, 5) is 12.8. The van der Waals surface area contributed by atoms with Gasteiger partial charge < -0.3 is 0 Å². The molecule has 1 N–H and O–H groups in total. The monoisotopic (exact) mass is 381 g/mol. The van der Waals surface area contributed by atoms with Crippen LogP contribution < -0.4 is 5.56 Å². The van der Waals surface area contributed by atoms with E-state index >= 15 is 0 Å². The van der Waals surface area contributed by atoms with Crippen molar-refractivity contribution in [1.82, 2.24) is 3.56 Å². The van der Waals surface area contributed by atoms with Crippen molar-refractivity contribution < 1.29 is 5.11 Å². The minimum absolute atomic E-state index is 0.0331. The molecule has 0 saturated carbocycles. The van der Waals surface area contributed by atoms with E-state index in [1.807, 2.05) is 40.0 Å². The number of fused-ring (bicyclic) bond motifs is 1. The third-order valence-electron chi connectivity index (χ3n) is 4.18. The summed E-state index contributed by atoms with van der Waals surface area (Å²) in [6, 6.07) is 21.3. The normalized spacial score (nSPS) is 11.0. The van der Waals surface area contributed by atoms with Crippen LogP contribution in [0.4, 0.5) is 0 Å². The average Bonchev–Trinajstić information content (AvgIpc) is 2.92. The standard InChI is InChI=1S/C20H15NO2Se/c1-13-16(14-6-3-2-4-7-14)8-5-9-18(13)21-20(23)17-12-15(22)10-11-19(17)24-21/h2-12,22H,1H3. The molecule has 0 atom stereocenters. The Bertz CT molecular complexity index is 1090. The van der Waals surface area contributed by atoms with E-state index in [1.54, 1.807) is 12.1 Å². The first-order chi connectivity index (χ1) is 11.6. The minimum atomic E-state index is -0.111. The van der Waals surface area contributed by atoms with Gasteiger partial charge in [0.25, 0.3) is 0 Å². The van der Waals surface area contributed by atoms with Gasteiger partial charge in [0.1, 0.15) is 0 Å². The number of phenolic OH excluding ortho intramolecular Hbond substituents is 1. The van der Waals surface area contributed by atoms with Gasteiger partial charge in [-0.05, 0) is 0 Å². The van der Waals surface area contributed by atoms with Gasteiger partial charge in [-0.2, -0.15) is 0 Å². The molecule has 0 unspecified atom stereocenters. The Labute approximate surface area is 145 Å². The van der Waals surface area contributed by atoms with Crippen LogP contribution in [0.2, 0.25) is 0 Å². The Morgan fingerprint density at radius 2 is 1.75 bits per heavy atom. The van der Waals surface area contributed by atoms with Gasteiger partial charge in [-0.1, -0.05) is 0 Å². The molecule has 0 saturated heterocycles. The number of hydrogen-bond acceptors (Lipinski definition) is 2. The predicted molar refractivity (Wildman–Crippen MR) is 98.3 cm³/mol. The van der Waals surface area contributed by atoms with Crippen LogP contribution in [0.5, 0.6) is 5.75 Å². The van der Waals surface area contributed by atoms with E-state index in [-0.39, 0.29) is 26.0 Å². The number of nitrogens with zero attached hydrogens (tertiary/aromatic N) is 1. The molecule has 0 amide bonds. The zero-order chi connectivity index (χ0) is 16.7. The second-order valence-corrected chi connectivity index (χ2v) is 7.76. The van der Waals surface area contributed by atoms with E-state index in [0.29, 0.717) is 5.39 Å². The van der Waals surface area contributed by atoms with Crippen molar-refractivity contribution in [3.8, 4) is 22.6 Å². The fourth-order valence-electron chi connectivity index (χ4n) is 2.95. The van der Waals surface area contributed by atoms with E-state index in [2.05, 4.69) is 25.1 Å². The Kier molecular flexibility index (Phi) is 3.64. The van der Waals surface area contributed by atoms with Gasteiger partial charge in [0.2, 0.25) is 0 Å². The zero-order valence-electron chi connectivity index (χ0n) is 13.1. The molecule has 4 heteroatoms. The van der Waals surface area contributed by atoms with Crippen LogP contribution in [0, 0.1) is 6.92 Å². The topological polar surface area (TPSA) is 42.2 Å². The number of aromatic nitrogens is 1. The molecule has 24 heavy (non-hydrogen) atoms. The van der Waals surface area contributed by atoms with Crippen molar-refractivity contribution >= 4 is 24.4 Å². The van der Waals surface area contributed by atoms with Crippen molar-refractivity contribution in [3.05, 3.63) is 82.6 Å². The fourth-order valence-corrected chi connectivity index (χ4v) is 5.14. The van der Waals surface area contributed by atoms with E-state index in [1.165, 1.54) is 0 Å². The molecule has 118 valence electrons. The van der Waals surface area contributed by atoms with Gasteiger partial charge >= 0.3 is 145 Å². The summed E-state index contributed by atoms with van der Waals surface area (Å²) in [6.45, 7) is 2.06. The molecule has 1 aromatic heterocycles. The summed E-state index contributed by atoms with van der Waals surface area (Å²) in [7, 11) is 0. The van der Waals surface area contributed by atoms with Crippen molar-refractivity contribution in [2.75, 3.05) is 0 Å². The first-order valence-corrected chi connectivity index (χ1v) is 9.28. The van der Waals surface area contributed by atoms with E-state index in [0.717, 1.165) is 26.6 Å². The zero-order valence-corrected chi connectivity index (χ0v) is 14.8. The number of phenols is 1. The Morgan fingerprint density at radius 3 is 2.54 bits per heavy atom. The summed E-state index contributed by atoms with van der Waals surface area (Å²) < 4.78 is 2.86. The van der Waals surface area contributed by atoms with Gasteiger partial charge in [-0.25, -0.2) is 0 Å². The molecule has 0 bridgehead atoms. The van der Waals surface area contributed by atoms with Crippen molar-refractivity contribution in [2.24, 2.45) is 0 Å². The van der Waals surface area contributed by atoms with Crippen LogP contribution in [0.3, 0.4) is 0 Å². The first-order valence-electron chi connectivity index (χ1n) is 7.65. The molecule has 0 aliphatic rings. The molecular formula is C20H15NO2Se. The molecule has 1 heterocycles. The first kappa shape index (κ1) is 15.0. The molecule has 0 aliphatic heterocycles. The molecule has 0 aliphatic carbocycles. The maximum atomic E-state index is 12.8. The van der Waals surface area contributed by atoms with E-state index < -0.39 is 0 Å². The van der Waals surface area contributed by atoms with Crippen LogP contribution in [-0.2, 0) is 0 Å². The third-order valence-corrected chi connectivity index (χ3v) is 6.48. The van der Waals surface area contributed by atoms with Crippen molar-refractivity contribution in [2.45, 2.75) is 6.92 Å². The van der Waals surface area contributed by atoms with Gasteiger partial charge in [0.15, 0.2) is 0 Å². The Balaban J connectivity index is 1.95. The summed E-state index contributed by atoms with van der Waals surface area (Å²) in [5, 5.41) is 10.3. The van der Waals surface area contributed by atoms with Crippen LogP contribution in [0.15, 0.2) is 71.5 Å². The van der Waals surface area contributed by atoms with Gasteiger partial charge in [0.05, 0.1) is 0 Å². The second-order valence-electron chi connectivity index (χ2n) is 5.69. The van der Waals surface area contributed by atoms with E-state index in [9.17, 15) is 9.90 Å². The molecule has 4 aromatic rings. The number of rotatable bonds is 2. The van der Waals surface area contributed by atoms with Gasteiger partial charge in [0, 0.05) is 0 Å². The maximum absolute atomic E-state index is 12.8. The molecule has 0 spiro atoms. The number of hydrogen-bond donors (Lipinski definition) is 1. The molecular weight excluding hydrogens is 365 g/mol. The summed E-state index contributed by atoms with van der Waals surface area (Å²) in [6.07, 6.45) is 0. The molecule has 3 aromatic carbocycles.